The van der Waals surface area contributed by atoms with Gasteiger partial charge in [0.25, 0.3) is 5.91 Å². The van der Waals surface area contributed by atoms with Crippen molar-refractivity contribution in [3.8, 4) is 0 Å². The number of hydrogen-bond acceptors (Lipinski definition) is 9. The van der Waals surface area contributed by atoms with Crippen LogP contribution in [0.3, 0.4) is 0 Å². The van der Waals surface area contributed by atoms with E-state index in [-0.39, 0.29) is 17.2 Å². The van der Waals surface area contributed by atoms with E-state index in [4.69, 9.17) is 20.2 Å². The van der Waals surface area contributed by atoms with Gasteiger partial charge in [-0.3, -0.25) is 4.79 Å². The lowest BCUT2D eigenvalue weighted by molar-refractivity contribution is -0.113. The Morgan fingerprint density at radius 3 is 3.11 bits per heavy atom. The first kappa shape index (κ1) is 19.5. The molecule has 1 unspecified atom stereocenters. The highest BCUT2D eigenvalue weighted by molar-refractivity contribution is 8.13. The summed E-state index contributed by atoms with van der Waals surface area (Å²) in [4.78, 5) is 21.7. The predicted octanol–water partition coefficient (Wildman–Crippen LogP) is 1.91. The fourth-order valence-corrected chi connectivity index (χ4v) is 5.52. The Labute approximate surface area is 170 Å². The maximum Gasteiger partial charge on any atom is 0.276 e. The maximum absolute atomic E-state index is 12.6. The summed E-state index contributed by atoms with van der Waals surface area (Å²) < 4.78 is 23.7. The van der Waals surface area contributed by atoms with Crippen LogP contribution in [-0.4, -0.2) is 46.9 Å². The van der Waals surface area contributed by atoms with Crippen molar-refractivity contribution in [1.29, 1.82) is 0 Å². The van der Waals surface area contributed by atoms with E-state index in [0.29, 0.717) is 17.6 Å². The molecule has 1 fully saturated rings. The first-order chi connectivity index (χ1) is 13.3. The summed E-state index contributed by atoms with van der Waals surface area (Å²) in [6.07, 6.45) is 1.23. The first-order valence-electron chi connectivity index (χ1n) is 8.89. The molecule has 0 bridgehead atoms. The number of aromatic nitrogens is 1. The average Bonchev–Trinajstić information content (AvgIpc) is 3.31. The molecular formula is C17H22FN5O3S2. The summed E-state index contributed by atoms with van der Waals surface area (Å²) in [5.41, 5.74) is 5.33. The number of nitrogens with one attached hydrogen (secondary N) is 2. The molecule has 8 nitrogen and oxygen atoms in total. The Bertz CT molecular complexity index is 843. The Hall–Kier alpha value is -1.85. The lowest BCUT2D eigenvalue weighted by Gasteiger charge is -2.47. The van der Waals surface area contributed by atoms with E-state index < -0.39 is 24.3 Å². The quantitative estimate of drug-likeness (QED) is 0.673. The lowest BCUT2D eigenvalue weighted by atomic mass is 9.77. The van der Waals surface area contributed by atoms with Crippen molar-refractivity contribution >= 4 is 40.0 Å². The van der Waals surface area contributed by atoms with Crippen LogP contribution >= 0.6 is 23.1 Å². The Morgan fingerprint density at radius 1 is 1.54 bits per heavy atom. The van der Waals surface area contributed by atoms with Gasteiger partial charge in [-0.25, -0.2) is 14.4 Å². The van der Waals surface area contributed by atoms with E-state index in [1.165, 1.54) is 17.6 Å². The summed E-state index contributed by atoms with van der Waals surface area (Å²) in [5.74, 6) is 1.05. The van der Waals surface area contributed by atoms with Gasteiger partial charge < -0.3 is 25.8 Å². The summed E-state index contributed by atoms with van der Waals surface area (Å²) in [5, 5.41) is 8.41. The summed E-state index contributed by atoms with van der Waals surface area (Å²) >= 11 is 2.97. The highest BCUT2D eigenvalue weighted by atomic mass is 32.2. The first-order valence-corrected chi connectivity index (χ1v) is 10.8. The van der Waals surface area contributed by atoms with Crippen molar-refractivity contribution in [2.75, 3.05) is 24.4 Å². The zero-order valence-electron chi connectivity index (χ0n) is 15.5. The average molecular weight is 428 g/mol. The number of carbonyl (C=O) groups is 1. The van der Waals surface area contributed by atoms with Gasteiger partial charge in [0.05, 0.1) is 12.2 Å². The van der Waals surface area contributed by atoms with Crippen LogP contribution in [0, 0.1) is 5.92 Å². The van der Waals surface area contributed by atoms with Gasteiger partial charge in [0.15, 0.2) is 11.4 Å². The number of hydrogen-bond donors (Lipinski definition) is 3. The van der Waals surface area contributed by atoms with E-state index in [1.807, 2.05) is 0 Å². The van der Waals surface area contributed by atoms with Crippen LogP contribution in [0.4, 0.5) is 10.2 Å². The molecule has 0 radical (unpaired) electrons. The second-order valence-electron chi connectivity index (χ2n) is 7.58. The number of carbonyl (C=O) groups excluding carboxylic acids is 1. The number of thioether (sulfide) groups is 1. The molecule has 1 saturated heterocycles. The van der Waals surface area contributed by atoms with Crippen LogP contribution in [0.1, 0.15) is 25.3 Å². The van der Waals surface area contributed by atoms with Crippen molar-refractivity contribution in [2.45, 2.75) is 37.6 Å². The highest BCUT2D eigenvalue weighted by Crippen LogP contribution is 2.49. The number of nitrogens with zero attached hydrogens (tertiary/aromatic N) is 2. The van der Waals surface area contributed by atoms with Gasteiger partial charge in [0.2, 0.25) is 0 Å². The number of rotatable bonds is 4. The number of nitrogens with two attached hydrogens (primary N) is 1. The largest absolute Gasteiger partial charge is 0.473 e. The molecule has 1 aromatic rings. The maximum atomic E-state index is 12.6. The van der Waals surface area contributed by atoms with Crippen molar-refractivity contribution < 1.29 is 18.7 Å². The van der Waals surface area contributed by atoms with Crippen LogP contribution < -0.4 is 16.4 Å². The number of aliphatic imine (C=N–C) groups is 1. The van der Waals surface area contributed by atoms with Crippen molar-refractivity contribution in [1.82, 2.24) is 10.3 Å². The molecule has 152 valence electrons. The van der Waals surface area contributed by atoms with E-state index in [2.05, 4.69) is 29.5 Å². The minimum Gasteiger partial charge on any atom is -0.473 e. The van der Waals surface area contributed by atoms with E-state index in [9.17, 15) is 9.18 Å². The number of alkyl halides is 1. The monoisotopic (exact) mass is 427 g/mol. The van der Waals surface area contributed by atoms with Crippen molar-refractivity contribution in [3.05, 3.63) is 22.3 Å². The zero-order valence-corrected chi connectivity index (χ0v) is 17.2. The van der Waals surface area contributed by atoms with Gasteiger partial charge in [0, 0.05) is 17.1 Å². The summed E-state index contributed by atoms with van der Waals surface area (Å²) in [7, 11) is 0. The second kappa shape index (κ2) is 7.20. The van der Waals surface area contributed by atoms with Crippen LogP contribution in [-0.2, 0) is 19.8 Å². The molecule has 4 N–H and O–H groups in total. The van der Waals surface area contributed by atoms with E-state index in [1.54, 1.807) is 17.1 Å². The van der Waals surface area contributed by atoms with Crippen LogP contribution in [0.2, 0.25) is 0 Å². The molecule has 0 aliphatic carbocycles. The van der Waals surface area contributed by atoms with Crippen molar-refractivity contribution in [3.63, 3.8) is 0 Å². The zero-order chi connectivity index (χ0) is 19.9. The fourth-order valence-electron chi connectivity index (χ4n) is 3.56. The highest BCUT2D eigenvalue weighted by Gasteiger charge is 2.52. The molecule has 3 atom stereocenters. The molecule has 0 spiro atoms. The molecule has 0 aromatic carbocycles. The third-order valence-corrected chi connectivity index (χ3v) is 6.97. The molecular weight excluding hydrogens is 405 g/mol. The second-order valence-corrected chi connectivity index (χ2v) is 9.48. The molecule has 28 heavy (non-hydrogen) atoms. The number of halogens is 1. The molecule has 1 amide bonds. The molecule has 4 rings (SSSR count). The Morgan fingerprint density at radius 2 is 2.36 bits per heavy atom. The van der Waals surface area contributed by atoms with Gasteiger partial charge in [-0.15, -0.1) is 11.3 Å². The Kier molecular flexibility index (Phi) is 5.00. The van der Waals surface area contributed by atoms with Crippen LogP contribution in [0.15, 0.2) is 22.3 Å². The third kappa shape index (κ3) is 3.58. The predicted molar refractivity (Wildman–Crippen MR) is 107 cm³/mol. The van der Waals surface area contributed by atoms with Crippen LogP contribution in [0.5, 0.6) is 0 Å². The normalized spacial score (nSPS) is 31.1. The minimum absolute atomic E-state index is 0.160. The van der Waals surface area contributed by atoms with Gasteiger partial charge in [0.1, 0.15) is 35.0 Å². The molecule has 3 aliphatic rings. The lowest BCUT2D eigenvalue weighted by Crippen LogP contribution is -2.52. The number of amidine groups is 1. The van der Waals surface area contributed by atoms with Gasteiger partial charge >= 0.3 is 0 Å². The van der Waals surface area contributed by atoms with E-state index in [0.717, 1.165) is 17.2 Å². The molecule has 1 aromatic heterocycles. The number of thiazole rings is 1. The topological polar surface area (TPSA) is 111 Å². The van der Waals surface area contributed by atoms with Gasteiger partial charge in [-0.05, 0) is 20.3 Å². The van der Waals surface area contributed by atoms with E-state index >= 15 is 0 Å². The summed E-state index contributed by atoms with van der Waals surface area (Å²) in [6, 6.07) is 0. The number of anilines is 1. The Balaban J connectivity index is 1.54. The third-order valence-electron chi connectivity index (χ3n) is 5.01. The van der Waals surface area contributed by atoms with Crippen molar-refractivity contribution in [2.24, 2.45) is 16.6 Å². The fraction of sp³-hybridized carbons (Fsp3) is 0.588. The molecule has 3 aliphatic heterocycles. The number of ether oxygens (including phenoxy) is 2. The molecule has 11 heteroatoms. The SMILES string of the molecule is CC1(C)C[C@H]2CSC(N)=N[C@@]2(c2nc(NC(=O)C3=COC(CF)N3)cs2)CO1. The smallest absolute Gasteiger partial charge is 0.276 e. The van der Waals surface area contributed by atoms with Crippen LogP contribution in [0.25, 0.3) is 0 Å². The van der Waals surface area contributed by atoms with Gasteiger partial charge in [-0.1, -0.05) is 11.8 Å². The molecule has 0 saturated carbocycles. The minimum atomic E-state index is -0.828. The summed E-state index contributed by atoms with van der Waals surface area (Å²) in [6.45, 7) is 3.81. The number of fused-ring (bicyclic) bond motifs is 1. The number of amides is 1. The standard InChI is InChI=1S/C17H22FN5O3S2/c1-16(2)3-9-6-28-15(19)23-17(9,8-26-16)14-22-11(7-27-14)21-13(24)10-5-25-12(4-18)20-10/h5,7,9,12,20H,3-4,6,8H2,1-2H3,(H2,19,23)(H,21,24)/t9-,12?,17-/m0/s1. The molecule has 4 heterocycles. The van der Waals surface area contributed by atoms with Gasteiger partial charge in [-0.2, -0.15) is 0 Å².